The normalized spacial score (nSPS) is 23.3. The zero-order chi connectivity index (χ0) is 13.5. The Morgan fingerprint density at radius 1 is 1.37 bits per heavy atom. The Kier molecular flexibility index (Phi) is 3.01. The van der Waals surface area contributed by atoms with Crippen molar-refractivity contribution in [2.45, 2.75) is 31.6 Å². The van der Waals surface area contributed by atoms with E-state index in [2.05, 4.69) is 22.2 Å². The molecule has 2 aromatic rings. The number of fused-ring (bicyclic) bond motifs is 1. The summed E-state index contributed by atoms with van der Waals surface area (Å²) in [4.78, 5) is 7.51. The molecule has 2 N–H and O–H groups in total. The number of H-pyrrole nitrogens is 1. The van der Waals surface area contributed by atoms with E-state index in [1.807, 2.05) is 0 Å². The first kappa shape index (κ1) is 12.5. The second kappa shape index (κ2) is 4.56. The van der Waals surface area contributed by atoms with E-state index in [0.29, 0.717) is 5.52 Å². The molecule has 1 fully saturated rings. The molecule has 2 heterocycles. The van der Waals surface area contributed by atoms with Crippen molar-refractivity contribution in [2.24, 2.45) is 0 Å². The van der Waals surface area contributed by atoms with E-state index in [1.54, 1.807) is 6.07 Å². The number of aromatic amines is 1. The van der Waals surface area contributed by atoms with Gasteiger partial charge in [0.2, 0.25) is 0 Å². The average molecular weight is 265 g/mol. The monoisotopic (exact) mass is 265 g/mol. The lowest BCUT2D eigenvalue weighted by atomic mass is 9.82. The molecule has 0 radical (unpaired) electrons. The zero-order valence-corrected chi connectivity index (χ0v) is 10.9. The van der Waals surface area contributed by atoms with Gasteiger partial charge < -0.3 is 10.3 Å². The number of nitrogens with zero attached hydrogens (tertiary/aromatic N) is 1. The van der Waals surface area contributed by atoms with Crippen LogP contribution in [0.1, 0.15) is 32.0 Å². The molecule has 1 unspecified atom stereocenters. The van der Waals surface area contributed by atoms with E-state index in [9.17, 15) is 8.78 Å². The summed E-state index contributed by atoms with van der Waals surface area (Å²) in [6, 6.07) is 2.69. The van der Waals surface area contributed by atoms with Crippen molar-refractivity contribution in [3.05, 3.63) is 29.6 Å². The Hall–Kier alpha value is -1.49. The largest absolute Gasteiger partial charge is 0.341 e. The van der Waals surface area contributed by atoms with Gasteiger partial charge in [-0.05, 0) is 31.5 Å². The van der Waals surface area contributed by atoms with Gasteiger partial charge in [0, 0.05) is 12.0 Å². The van der Waals surface area contributed by atoms with Crippen LogP contribution in [0, 0.1) is 11.6 Å². The lowest BCUT2D eigenvalue weighted by molar-refractivity contribution is 0.406. The highest BCUT2D eigenvalue weighted by atomic mass is 19.2. The number of hydrogen-bond acceptors (Lipinski definition) is 2. The highest BCUT2D eigenvalue weighted by Crippen LogP contribution is 2.35. The first-order valence-corrected chi connectivity index (χ1v) is 6.71. The summed E-state index contributed by atoms with van der Waals surface area (Å²) in [7, 11) is 0. The second-order valence-electron chi connectivity index (χ2n) is 5.30. The molecule has 1 atom stereocenters. The van der Waals surface area contributed by atoms with Crippen molar-refractivity contribution in [1.29, 1.82) is 0 Å². The molecular weight excluding hydrogens is 248 g/mol. The van der Waals surface area contributed by atoms with E-state index in [-0.39, 0.29) is 10.9 Å². The summed E-state index contributed by atoms with van der Waals surface area (Å²) in [6.45, 7) is 3.90. The molecule has 3 rings (SSSR count). The Balaban J connectivity index is 2.12. The Morgan fingerprint density at radius 2 is 2.21 bits per heavy atom. The first-order chi connectivity index (χ1) is 9.16. The summed E-state index contributed by atoms with van der Waals surface area (Å²) in [5.74, 6) is -0.934. The van der Waals surface area contributed by atoms with Crippen LogP contribution in [0.5, 0.6) is 0 Å². The molecule has 1 aliphatic heterocycles. The first-order valence-electron chi connectivity index (χ1n) is 6.71. The standard InChI is InChI=1S/C14H17F2N3/c1-2-5-14(6-7-17-8-14)13-18-10-4-3-9(15)11(16)12(10)19-13/h3-4,17H,2,5-8H2,1H3,(H,18,19). The molecule has 0 bridgehead atoms. The highest BCUT2D eigenvalue weighted by molar-refractivity contribution is 5.76. The molecule has 5 heteroatoms. The molecule has 1 aliphatic rings. The third-order valence-corrected chi connectivity index (χ3v) is 4.02. The van der Waals surface area contributed by atoms with Crippen LogP contribution in [0.2, 0.25) is 0 Å². The van der Waals surface area contributed by atoms with Crippen molar-refractivity contribution in [3.63, 3.8) is 0 Å². The number of nitrogens with one attached hydrogen (secondary N) is 2. The van der Waals surface area contributed by atoms with Gasteiger partial charge in [0.25, 0.3) is 0 Å². The molecule has 1 saturated heterocycles. The van der Waals surface area contributed by atoms with Crippen molar-refractivity contribution in [2.75, 3.05) is 13.1 Å². The fourth-order valence-electron chi connectivity index (χ4n) is 3.02. The number of imidazole rings is 1. The van der Waals surface area contributed by atoms with Gasteiger partial charge in [0.05, 0.1) is 5.52 Å². The predicted molar refractivity (Wildman–Crippen MR) is 70.1 cm³/mol. The van der Waals surface area contributed by atoms with Crippen molar-refractivity contribution >= 4 is 11.0 Å². The summed E-state index contributed by atoms with van der Waals surface area (Å²) >= 11 is 0. The van der Waals surface area contributed by atoms with Gasteiger partial charge in [-0.1, -0.05) is 13.3 Å². The van der Waals surface area contributed by atoms with Gasteiger partial charge >= 0.3 is 0 Å². The van der Waals surface area contributed by atoms with Crippen LogP contribution < -0.4 is 5.32 Å². The number of benzene rings is 1. The Morgan fingerprint density at radius 3 is 2.89 bits per heavy atom. The van der Waals surface area contributed by atoms with E-state index < -0.39 is 11.6 Å². The SMILES string of the molecule is CCCC1(c2nc3c(F)c(F)ccc3[nH]2)CCNC1. The highest BCUT2D eigenvalue weighted by Gasteiger charge is 2.37. The topological polar surface area (TPSA) is 40.7 Å². The van der Waals surface area contributed by atoms with Crippen LogP contribution in [0.15, 0.2) is 12.1 Å². The van der Waals surface area contributed by atoms with Crippen LogP contribution in [0.4, 0.5) is 8.78 Å². The third-order valence-electron chi connectivity index (χ3n) is 4.02. The van der Waals surface area contributed by atoms with Crippen LogP contribution in [0.25, 0.3) is 11.0 Å². The van der Waals surface area contributed by atoms with E-state index in [0.717, 1.165) is 44.2 Å². The lowest BCUT2D eigenvalue weighted by Crippen LogP contribution is -2.30. The van der Waals surface area contributed by atoms with Crippen molar-refractivity contribution < 1.29 is 8.78 Å². The van der Waals surface area contributed by atoms with Crippen LogP contribution in [0.3, 0.4) is 0 Å². The number of rotatable bonds is 3. The molecule has 102 valence electrons. The molecule has 0 amide bonds. The van der Waals surface area contributed by atoms with Crippen LogP contribution in [-0.4, -0.2) is 23.1 Å². The maximum absolute atomic E-state index is 13.7. The maximum Gasteiger partial charge on any atom is 0.186 e. The van der Waals surface area contributed by atoms with Gasteiger partial charge in [0.1, 0.15) is 11.3 Å². The van der Waals surface area contributed by atoms with Gasteiger partial charge in [-0.2, -0.15) is 0 Å². The third kappa shape index (κ3) is 1.92. The maximum atomic E-state index is 13.7. The van der Waals surface area contributed by atoms with Gasteiger partial charge in [-0.3, -0.25) is 0 Å². The lowest BCUT2D eigenvalue weighted by Gasteiger charge is -2.25. The minimum atomic E-state index is -0.863. The molecule has 19 heavy (non-hydrogen) atoms. The van der Waals surface area contributed by atoms with Crippen molar-refractivity contribution in [3.8, 4) is 0 Å². The van der Waals surface area contributed by atoms with Gasteiger partial charge in [-0.15, -0.1) is 0 Å². The quantitative estimate of drug-likeness (QED) is 0.896. The molecule has 1 aromatic carbocycles. The molecule has 0 saturated carbocycles. The summed E-state index contributed by atoms with van der Waals surface area (Å²) in [5.41, 5.74) is 0.602. The zero-order valence-electron chi connectivity index (χ0n) is 10.9. The number of halogens is 2. The fourth-order valence-corrected chi connectivity index (χ4v) is 3.02. The summed E-state index contributed by atoms with van der Waals surface area (Å²) in [6.07, 6.45) is 3.00. The molecule has 1 aromatic heterocycles. The molecule has 0 spiro atoms. The summed E-state index contributed by atoms with van der Waals surface area (Å²) in [5, 5.41) is 3.34. The van der Waals surface area contributed by atoms with E-state index >= 15 is 0 Å². The van der Waals surface area contributed by atoms with Crippen molar-refractivity contribution in [1.82, 2.24) is 15.3 Å². The van der Waals surface area contributed by atoms with Crippen LogP contribution >= 0.6 is 0 Å². The van der Waals surface area contributed by atoms with E-state index in [4.69, 9.17) is 0 Å². The van der Waals surface area contributed by atoms with Crippen LogP contribution in [-0.2, 0) is 5.41 Å². The molecule has 0 aliphatic carbocycles. The van der Waals surface area contributed by atoms with E-state index in [1.165, 1.54) is 0 Å². The van der Waals surface area contributed by atoms with Gasteiger partial charge in [0.15, 0.2) is 11.6 Å². The average Bonchev–Trinajstić information content (AvgIpc) is 3.02. The molecular formula is C14H17F2N3. The number of aromatic nitrogens is 2. The Labute approximate surface area is 110 Å². The predicted octanol–water partition coefficient (Wildman–Crippen LogP) is 2.87. The van der Waals surface area contributed by atoms with Gasteiger partial charge in [-0.25, -0.2) is 13.8 Å². The smallest absolute Gasteiger partial charge is 0.186 e. The number of hydrogen-bond donors (Lipinski definition) is 2. The fraction of sp³-hybridized carbons (Fsp3) is 0.500. The Bertz CT molecular complexity index is 600. The minimum absolute atomic E-state index is 0.0727. The summed E-state index contributed by atoms with van der Waals surface area (Å²) < 4.78 is 27.0. The minimum Gasteiger partial charge on any atom is -0.341 e. The molecule has 3 nitrogen and oxygen atoms in total. The second-order valence-corrected chi connectivity index (χ2v) is 5.30.